The van der Waals surface area contributed by atoms with E-state index in [4.69, 9.17) is 0 Å². The molecular weight excluding hydrogens is 281 g/mol. The summed E-state index contributed by atoms with van der Waals surface area (Å²) in [6, 6.07) is 2.91. The smallest absolute Gasteiger partial charge is 0.374 e. The number of likely N-dealkylation sites (N-methyl/N-ethyl adjacent to an activating group) is 1. The number of hydrogen-bond donors (Lipinski definition) is 1. The minimum atomic E-state index is -4.39. The summed E-state index contributed by atoms with van der Waals surface area (Å²) in [6.07, 6.45) is -4.39. The summed E-state index contributed by atoms with van der Waals surface area (Å²) in [7, 11) is 0. The number of carbonyl (C=O) groups is 1. The molecule has 118 valence electrons. The molecule has 6 heteroatoms. The monoisotopic (exact) mass is 302 g/mol. The molecule has 21 heavy (non-hydrogen) atoms. The number of halogens is 3. The number of aryl methyl sites for hydroxylation is 1. The summed E-state index contributed by atoms with van der Waals surface area (Å²) >= 11 is 0. The molecule has 1 aromatic carbocycles. The first-order valence-corrected chi connectivity index (χ1v) is 6.93. The molecule has 1 N–H and O–H groups in total. The first-order chi connectivity index (χ1) is 9.70. The molecule has 0 aliphatic carbocycles. The van der Waals surface area contributed by atoms with E-state index >= 15 is 0 Å². The molecule has 0 aliphatic heterocycles. The molecule has 3 nitrogen and oxygen atoms in total. The van der Waals surface area contributed by atoms with Gasteiger partial charge in [-0.1, -0.05) is 6.07 Å². The van der Waals surface area contributed by atoms with Crippen LogP contribution < -0.4 is 5.32 Å². The second-order valence-electron chi connectivity index (χ2n) is 4.90. The van der Waals surface area contributed by atoms with E-state index in [1.165, 1.54) is 6.07 Å². The van der Waals surface area contributed by atoms with Gasteiger partial charge in [-0.15, -0.1) is 0 Å². The molecule has 1 amide bonds. The normalized spacial score (nSPS) is 12.9. The van der Waals surface area contributed by atoms with Gasteiger partial charge in [0, 0.05) is 18.8 Å². The van der Waals surface area contributed by atoms with E-state index in [0.717, 1.165) is 12.1 Å². The van der Waals surface area contributed by atoms with Crippen LogP contribution in [-0.4, -0.2) is 29.9 Å². The van der Waals surface area contributed by atoms with E-state index in [9.17, 15) is 18.0 Å². The Bertz CT molecular complexity index is 496. The van der Waals surface area contributed by atoms with Crippen LogP contribution >= 0.6 is 0 Å². The fourth-order valence-electron chi connectivity index (χ4n) is 2.06. The van der Waals surface area contributed by atoms with Crippen molar-refractivity contribution < 1.29 is 18.0 Å². The molecule has 0 spiro atoms. The zero-order valence-electron chi connectivity index (χ0n) is 12.7. The van der Waals surface area contributed by atoms with Gasteiger partial charge in [0.1, 0.15) is 6.04 Å². The average molecular weight is 302 g/mol. The molecule has 0 saturated carbocycles. The van der Waals surface area contributed by atoms with Crippen LogP contribution in [0, 0.1) is 6.92 Å². The number of nitrogens with zero attached hydrogens (tertiary/aromatic N) is 1. The topological polar surface area (TPSA) is 32.3 Å². The summed E-state index contributed by atoms with van der Waals surface area (Å²) in [4.78, 5) is 13.8. The van der Waals surface area contributed by atoms with Crippen molar-refractivity contribution in [1.82, 2.24) is 4.90 Å². The van der Waals surface area contributed by atoms with Gasteiger partial charge >= 0.3 is 6.18 Å². The Morgan fingerprint density at radius 1 is 1.29 bits per heavy atom. The molecule has 0 saturated heterocycles. The molecule has 0 aliphatic rings. The third kappa shape index (κ3) is 4.37. The van der Waals surface area contributed by atoms with E-state index < -0.39 is 17.8 Å². The Hall–Kier alpha value is -1.72. The molecule has 1 unspecified atom stereocenters. The van der Waals surface area contributed by atoms with Crippen molar-refractivity contribution in [3.63, 3.8) is 0 Å². The van der Waals surface area contributed by atoms with Gasteiger partial charge in [0.05, 0.1) is 5.56 Å². The summed E-state index contributed by atoms with van der Waals surface area (Å²) in [6.45, 7) is 8.23. The third-order valence-corrected chi connectivity index (χ3v) is 3.38. The number of nitrogens with one attached hydrogen (secondary N) is 1. The highest BCUT2D eigenvalue weighted by molar-refractivity contribution is 5.84. The van der Waals surface area contributed by atoms with Crippen LogP contribution in [0.1, 0.15) is 31.9 Å². The maximum Gasteiger partial charge on any atom is 0.416 e. The highest BCUT2D eigenvalue weighted by Gasteiger charge is 2.31. The fraction of sp³-hybridized carbons (Fsp3) is 0.533. The first kappa shape index (κ1) is 17.3. The molecule has 0 fully saturated rings. The van der Waals surface area contributed by atoms with E-state index in [0.29, 0.717) is 24.3 Å². The van der Waals surface area contributed by atoms with E-state index in [2.05, 4.69) is 5.32 Å². The van der Waals surface area contributed by atoms with E-state index in [1.54, 1.807) is 18.7 Å². The lowest BCUT2D eigenvalue weighted by Gasteiger charge is -2.25. The van der Waals surface area contributed by atoms with Crippen LogP contribution in [0.5, 0.6) is 0 Å². The summed E-state index contributed by atoms with van der Waals surface area (Å²) in [5.74, 6) is -0.128. The van der Waals surface area contributed by atoms with Crippen LogP contribution in [0.3, 0.4) is 0 Å². The highest BCUT2D eigenvalue weighted by Crippen LogP contribution is 2.32. The number of anilines is 1. The lowest BCUT2D eigenvalue weighted by molar-refractivity contribution is -0.137. The molecule has 1 atom stereocenters. The molecule has 1 rings (SSSR count). The van der Waals surface area contributed by atoms with Gasteiger partial charge in [0.25, 0.3) is 0 Å². The van der Waals surface area contributed by atoms with Crippen molar-refractivity contribution in [3.05, 3.63) is 29.3 Å². The minimum absolute atomic E-state index is 0.128. The van der Waals surface area contributed by atoms with Crippen LogP contribution in [0.15, 0.2) is 18.2 Å². The van der Waals surface area contributed by atoms with Crippen molar-refractivity contribution in [2.45, 2.75) is 39.9 Å². The predicted molar refractivity (Wildman–Crippen MR) is 77.2 cm³/mol. The molecule has 0 aromatic heterocycles. The Balaban J connectivity index is 2.94. The maximum atomic E-state index is 12.7. The summed E-state index contributed by atoms with van der Waals surface area (Å²) in [5, 5.41) is 2.88. The summed E-state index contributed by atoms with van der Waals surface area (Å²) < 4.78 is 38.2. The zero-order chi connectivity index (χ0) is 16.2. The fourth-order valence-corrected chi connectivity index (χ4v) is 2.06. The van der Waals surface area contributed by atoms with E-state index in [1.807, 2.05) is 13.8 Å². The van der Waals surface area contributed by atoms with Crippen LogP contribution in [0.4, 0.5) is 18.9 Å². The second-order valence-corrected chi connectivity index (χ2v) is 4.90. The van der Waals surface area contributed by atoms with Gasteiger partial charge in [0.2, 0.25) is 5.91 Å². The second kappa shape index (κ2) is 6.83. The number of carbonyl (C=O) groups excluding carboxylic acids is 1. The number of alkyl halides is 3. The number of rotatable bonds is 5. The zero-order valence-corrected chi connectivity index (χ0v) is 12.7. The van der Waals surface area contributed by atoms with Gasteiger partial charge < -0.3 is 10.2 Å². The number of amides is 1. The van der Waals surface area contributed by atoms with Gasteiger partial charge in [-0.05, 0) is 45.4 Å². The largest absolute Gasteiger partial charge is 0.416 e. The van der Waals surface area contributed by atoms with Crippen LogP contribution in [0.2, 0.25) is 0 Å². The van der Waals surface area contributed by atoms with Gasteiger partial charge in [-0.2, -0.15) is 13.2 Å². The van der Waals surface area contributed by atoms with Crippen LogP contribution in [-0.2, 0) is 11.0 Å². The number of benzene rings is 1. The van der Waals surface area contributed by atoms with Crippen LogP contribution in [0.25, 0.3) is 0 Å². The lowest BCUT2D eigenvalue weighted by atomic mass is 10.1. The van der Waals surface area contributed by atoms with Crippen molar-refractivity contribution in [1.29, 1.82) is 0 Å². The molecule has 0 heterocycles. The summed E-state index contributed by atoms with van der Waals surface area (Å²) in [5.41, 5.74) is 0.276. The molecule has 0 radical (unpaired) electrons. The minimum Gasteiger partial charge on any atom is -0.374 e. The van der Waals surface area contributed by atoms with Gasteiger partial charge in [0.15, 0.2) is 0 Å². The Kier molecular flexibility index (Phi) is 5.63. The average Bonchev–Trinajstić information content (AvgIpc) is 2.41. The Labute approximate surface area is 123 Å². The van der Waals surface area contributed by atoms with Crippen molar-refractivity contribution in [2.24, 2.45) is 0 Å². The quantitative estimate of drug-likeness (QED) is 0.900. The number of hydrogen-bond acceptors (Lipinski definition) is 2. The Morgan fingerprint density at radius 2 is 1.86 bits per heavy atom. The standard InChI is InChI=1S/C15H21F3N2O/c1-5-20(6-2)14(21)11(4)19-13-9-12(15(16,17)18)8-7-10(13)3/h7-9,11,19H,5-6H2,1-4H3. The maximum absolute atomic E-state index is 12.7. The highest BCUT2D eigenvalue weighted by atomic mass is 19.4. The molecular formula is C15H21F3N2O. The van der Waals surface area contributed by atoms with E-state index in [-0.39, 0.29) is 5.91 Å². The van der Waals surface area contributed by atoms with Crippen molar-refractivity contribution in [2.75, 3.05) is 18.4 Å². The SMILES string of the molecule is CCN(CC)C(=O)C(C)Nc1cc(C(F)(F)F)ccc1C. The first-order valence-electron chi connectivity index (χ1n) is 6.93. The van der Waals surface area contributed by atoms with Gasteiger partial charge in [-0.3, -0.25) is 4.79 Å². The van der Waals surface area contributed by atoms with Gasteiger partial charge in [-0.25, -0.2) is 0 Å². The Morgan fingerprint density at radius 3 is 2.33 bits per heavy atom. The third-order valence-electron chi connectivity index (χ3n) is 3.38. The predicted octanol–water partition coefficient (Wildman–Crippen LogP) is 3.68. The molecule has 1 aromatic rings. The van der Waals surface area contributed by atoms with Crippen molar-refractivity contribution >= 4 is 11.6 Å². The lowest BCUT2D eigenvalue weighted by Crippen LogP contribution is -2.41. The molecule has 0 bridgehead atoms. The van der Waals surface area contributed by atoms with Crippen molar-refractivity contribution in [3.8, 4) is 0 Å².